The maximum atomic E-state index is 12.4. The quantitative estimate of drug-likeness (QED) is 0.856. The van der Waals surface area contributed by atoms with Gasteiger partial charge in [-0.1, -0.05) is 29.3 Å². The van der Waals surface area contributed by atoms with Crippen LogP contribution in [0.3, 0.4) is 0 Å². The Morgan fingerprint density at radius 2 is 1.95 bits per heavy atom. The van der Waals surface area contributed by atoms with Crippen molar-refractivity contribution in [2.75, 3.05) is 0 Å². The summed E-state index contributed by atoms with van der Waals surface area (Å²) in [6.07, 6.45) is 2.86. The number of hydrogen-bond donors (Lipinski definition) is 2. The Kier molecular flexibility index (Phi) is 4.41. The van der Waals surface area contributed by atoms with Gasteiger partial charge in [0.25, 0.3) is 5.91 Å². The van der Waals surface area contributed by atoms with E-state index in [4.69, 9.17) is 23.2 Å². The smallest absolute Gasteiger partial charge is 0.263 e. The maximum Gasteiger partial charge on any atom is 0.263 e. The van der Waals surface area contributed by atoms with Crippen molar-refractivity contribution in [3.63, 3.8) is 0 Å². The molecule has 0 radical (unpaired) electrons. The standard InChI is InChI=1S/C15H15Cl2NO2S/c16-8-1-6-11-12(7-8)21-14(13(11)17)15(20)18-9-2-4-10(19)5-3-9/h1,6-7,9-10,19H,2-5H2,(H,18,20). The molecule has 1 aromatic heterocycles. The van der Waals surface area contributed by atoms with Gasteiger partial charge in [0.05, 0.1) is 11.1 Å². The largest absolute Gasteiger partial charge is 0.393 e. The third-order valence-electron chi connectivity index (χ3n) is 3.83. The Labute approximate surface area is 136 Å². The van der Waals surface area contributed by atoms with E-state index in [-0.39, 0.29) is 18.1 Å². The molecular weight excluding hydrogens is 329 g/mol. The predicted molar refractivity (Wildman–Crippen MR) is 87.6 cm³/mol. The minimum Gasteiger partial charge on any atom is -0.393 e. The number of rotatable bonds is 2. The van der Waals surface area contributed by atoms with Gasteiger partial charge in [-0.2, -0.15) is 0 Å². The molecule has 2 N–H and O–H groups in total. The van der Waals surface area contributed by atoms with E-state index < -0.39 is 0 Å². The molecule has 0 spiro atoms. The first kappa shape index (κ1) is 15.1. The Morgan fingerprint density at radius 3 is 2.67 bits per heavy atom. The second-order valence-corrected chi connectivity index (χ2v) is 7.23. The summed E-state index contributed by atoms with van der Waals surface area (Å²) in [4.78, 5) is 12.9. The number of aliphatic hydroxyl groups excluding tert-OH is 1. The van der Waals surface area contributed by atoms with Crippen molar-refractivity contribution in [1.29, 1.82) is 0 Å². The van der Waals surface area contributed by atoms with Crippen LogP contribution in [-0.4, -0.2) is 23.2 Å². The summed E-state index contributed by atoms with van der Waals surface area (Å²) >= 11 is 13.6. The van der Waals surface area contributed by atoms with E-state index in [9.17, 15) is 9.90 Å². The molecule has 1 amide bonds. The van der Waals surface area contributed by atoms with E-state index in [1.54, 1.807) is 6.07 Å². The van der Waals surface area contributed by atoms with E-state index in [2.05, 4.69) is 5.32 Å². The average molecular weight is 344 g/mol. The van der Waals surface area contributed by atoms with Gasteiger partial charge in [-0.15, -0.1) is 11.3 Å². The van der Waals surface area contributed by atoms with Crippen LogP contribution in [0.25, 0.3) is 10.1 Å². The minimum atomic E-state index is -0.229. The zero-order chi connectivity index (χ0) is 15.0. The monoisotopic (exact) mass is 343 g/mol. The molecule has 1 heterocycles. The van der Waals surface area contributed by atoms with Crippen molar-refractivity contribution in [3.8, 4) is 0 Å². The highest BCUT2D eigenvalue weighted by Gasteiger charge is 2.23. The van der Waals surface area contributed by atoms with Gasteiger partial charge >= 0.3 is 0 Å². The van der Waals surface area contributed by atoms with Crippen LogP contribution in [0.5, 0.6) is 0 Å². The first-order valence-electron chi connectivity index (χ1n) is 6.91. The molecule has 1 aromatic carbocycles. The van der Waals surface area contributed by atoms with Gasteiger partial charge in [0, 0.05) is 21.2 Å². The summed E-state index contributed by atoms with van der Waals surface area (Å²) in [5.74, 6) is -0.140. The summed E-state index contributed by atoms with van der Waals surface area (Å²) in [6.45, 7) is 0. The van der Waals surface area contributed by atoms with Crippen LogP contribution in [0.4, 0.5) is 0 Å². The van der Waals surface area contributed by atoms with Crippen molar-refractivity contribution in [1.82, 2.24) is 5.32 Å². The normalized spacial score (nSPS) is 22.4. The molecule has 6 heteroatoms. The molecule has 0 aliphatic heterocycles. The van der Waals surface area contributed by atoms with Crippen LogP contribution in [0.1, 0.15) is 35.4 Å². The lowest BCUT2D eigenvalue weighted by Gasteiger charge is -2.25. The maximum absolute atomic E-state index is 12.4. The van der Waals surface area contributed by atoms with Crippen molar-refractivity contribution in [3.05, 3.63) is 33.1 Å². The number of nitrogens with one attached hydrogen (secondary N) is 1. The van der Waals surface area contributed by atoms with Crippen LogP contribution >= 0.6 is 34.5 Å². The number of amides is 1. The highest BCUT2D eigenvalue weighted by molar-refractivity contribution is 7.21. The molecule has 0 bridgehead atoms. The fourth-order valence-corrected chi connectivity index (χ4v) is 4.35. The number of fused-ring (bicyclic) bond motifs is 1. The van der Waals surface area contributed by atoms with E-state index in [1.807, 2.05) is 12.1 Å². The number of benzene rings is 1. The van der Waals surface area contributed by atoms with Crippen LogP contribution in [0.15, 0.2) is 18.2 Å². The van der Waals surface area contributed by atoms with E-state index in [0.29, 0.717) is 14.9 Å². The summed E-state index contributed by atoms with van der Waals surface area (Å²) in [7, 11) is 0. The van der Waals surface area contributed by atoms with Gasteiger partial charge in [0.2, 0.25) is 0 Å². The van der Waals surface area contributed by atoms with Crippen molar-refractivity contribution >= 4 is 50.5 Å². The first-order chi connectivity index (χ1) is 10.0. The Bertz CT molecular complexity index is 678. The van der Waals surface area contributed by atoms with Crippen LogP contribution < -0.4 is 5.32 Å². The van der Waals surface area contributed by atoms with E-state index >= 15 is 0 Å². The molecule has 1 aliphatic carbocycles. The number of halogens is 2. The number of carbonyl (C=O) groups excluding carboxylic acids is 1. The second-order valence-electron chi connectivity index (χ2n) is 5.36. The van der Waals surface area contributed by atoms with Crippen LogP contribution in [0, 0.1) is 0 Å². The van der Waals surface area contributed by atoms with Crippen LogP contribution in [0.2, 0.25) is 10.0 Å². The lowest BCUT2D eigenvalue weighted by atomic mass is 9.93. The van der Waals surface area contributed by atoms with Crippen molar-refractivity contribution in [2.24, 2.45) is 0 Å². The molecule has 21 heavy (non-hydrogen) atoms. The molecular formula is C15H15Cl2NO2S. The third kappa shape index (κ3) is 3.19. The zero-order valence-corrected chi connectivity index (χ0v) is 13.6. The molecule has 1 aliphatic rings. The molecule has 1 fully saturated rings. The molecule has 0 atom stereocenters. The van der Waals surface area contributed by atoms with Gasteiger partial charge in [0.1, 0.15) is 4.88 Å². The predicted octanol–water partition coefficient (Wildman–Crippen LogP) is 4.24. The SMILES string of the molecule is O=C(NC1CCC(O)CC1)c1sc2cc(Cl)ccc2c1Cl. The average Bonchev–Trinajstić information content (AvgIpc) is 2.78. The fraction of sp³-hybridized carbons (Fsp3) is 0.400. The number of aliphatic hydroxyl groups is 1. The molecule has 1 saturated carbocycles. The Hall–Kier alpha value is -0.810. The summed E-state index contributed by atoms with van der Waals surface area (Å²) < 4.78 is 0.914. The number of thiophene rings is 1. The highest BCUT2D eigenvalue weighted by atomic mass is 35.5. The molecule has 2 aromatic rings. The zero-order valence-electron chi connectivity index (χ0n) is 11.2. The molecule has 0 unspecified atom stereocenters. The van der Waals surface area contributed by atoms with Gasteiger partial charge in [-0.25, -0.2) is 0 Å². The molecule has 3 rings (SSSR count). The molecule has 0 saturated heterocycles. The summed E-state index contributed by atoms with van der Waals surface area (Å²) in [5.41, 5.74) is 0. The van der Waals surface area contributed by atoms with E-state index in [0.717, 1.165) is 35.8 Å². The Balaban J connectivity index is 1.80. The number of hydrogen-bond acceptors (Lipinski definition) is 3. The van der Waals surface area contributed by atoms with Crippen molar-refractivity contribution in [2.45, 2.75) is 37.8 Å². The van der Waals surface area contributed by atoms with Crippen LogP contribution in [-0.2, 0) is 0 Å². The lowest BCUT2D eigenvalue weighted by molar-refractivity contribution is 0.0871. The molecule has 3 nitrogen and oxygen atoms in total. The first-order valence-corrected chi connectivity index (χ1v) is 8.48. The van der Waals surface area contributed by atoms with Gasteiger partial charge in [0.15, 0.2) is 0 Å². The van der Waals surface area contributed by atoms with Crippen molar-refractivity contribution < 1.29 is 9.90 Å². The van der Waals surface area contributed by atoms with E-state index in [1.165, 1.54) is 11.3 Å². The number of carbonyl (C=O) groups is 1. The topological polar surface area (TPSA) is 49.3 Å². The van der Waals surface area contributed by atoms with Gasteiger partial charge < -0.3 is 10.4 Å². The van der Waals surface area contributed by atoms with Gasteiger partial charge in [-0.05, 0) is 37.8 Å². The minimum absolute atomic E-state index is 0.116. The fourth-order valence-electron chi connectivity index (χ4n) is 2.66. The summed E-state index contributed by atoms with van der Waals surface area (Å²) in [5, 5.41) is 14.5. The summed E-state index contributed by atoms with van der Waals surface area (Å²) in [6, 6.07) is 5.55. The van der Waals surface area contributed by atoms with Gasteiger partial charge in [-0.3, -0.25) is 4.79 Å². The third-order valence-corrected chi connectivity index (χ3v) is 5.72. The highest BCUT2D eigenvalue weighted by Crippen LogP contribution is 2.36. The Morgan fingerprint density at radius 1 is 1.24 bits per heavy atom. The molecule has 112 valence electrons. The lowest BCUT2D eigenvalue weighted by Crippen LogP contribution is -2.38. The second kappa shape index (κ2) is 6.13.